The predicted octanol–water partition coefficient (Wildman–Crippen LogP) is 3.20. The van der Waals surface area contributed by atoms with Crippen molar-refractivity contribution in [2.75, 3.05) is 11.9 Å². The maximum Gasteiger partial charge on any atom is 0.254 e. The van der Waals surface area contributed by atoms with Crippen LogP contribution in [0.15, 0.2) is 60.9 Å². The SMILES string of the molecule is N#Cc1cccc(Nc2ncc(C(=O)NCCc3ccccc3F)cn2)c1. The summed E-state index contributed by atoms with van der Waals surface area (Å²) >= 11 is 0. The number of nitriles is 1. The Morgan fingerprint density at radius 2 is 1.89 bits per heavy atom. The average molecular weight is 361 g/mol. The van der Waals surface area contributed by atoms with E-state index in [4.69, 9.17) is 5.26 Å². The molecule has 0 bridgehead atoms. The van der Waals surface area contributed by atoms with E-state index in [-0.39, 0.29) is 11.7 Å². The second-order valence-corrected chi connectivity index (χ2v) is 5.71. The van der Waals surface area contributed by atoms with Gasteiger partial charge in [-0.1, -0.05) is 24.3 Å². The van der Waals surface area contributed by atoms with Crippen LogP contribution in [0.4, 0.5) is 16.0 Å². The molecule has 7 heteroatoms. The van der Waals surface area contributed by atoms with Gasteiger partial charge in [0.05, 0.1) is 17.2 Å². The van der Waals surface area contributed by atoms with Crippen molar-refractivity contribution >= 4 is 17.5 Å². The number of anilines is 2. The fraction of sp³-hybridized carbons (Fsp3) is 0.100. The molecule has 0 fully saturated rings. The molecule has 0 spiro atoms. The Morgan fingerprint density at radius 3 is 2.63 bits per heavy atom. The molecular weight excluding hydrogens is 345 g/mol. The molecule has 0 radical (unpaired) electrons. The molecule has 0 saturated carbocycles. The third kappa shape index (κ3) is 4.86. The van der Waals surface area contributed by atoms with E-state index >= 15 is 0 Å². The van der Waals surface area contributed by atoms with Crippen molar-refractivity contribution < 1.29 is 9.18 Å². The van der Waals surface area contributed by atoms with E-state index in [9.17, 15) is 9.18 Å². The lowest BCUT2D eigenvalue weighted by Crippen LogP contribution is -2.26. The Hall–Kier alpha value is -3.79. The molecular formula is C20H16FN5O. The molecule has 2 aromatic carbocycles. The number of amides is 1. The first kappa shape index (κ1) is 18.0. The largest absolute Gasteiger partial charge is 0.352 e. The quantitative estimate of drug-likeness (QED) is 0.704. The number of aromatic nitrogens is 2. The number of benzene rings is 2. The molecule has 0 aliphatic carbocycles. The fourth-order valence-electron chi connectivity index (χ4n) is 2.42. The topological polar surface area (TPSA) is 90.7 Å². The van der Waals surface area contributed by atoms with Crippen LogP contribution < -0.4 is 10.6 Å². The number of nitrogens with zero attached hydrogens (tertiary/aromatic N) is 3. The van der Waals surface area contributed by atoms with Crippen molar-refractivity contribution in [2.45, 2.75) is 6.42 Å². The fourth-order valence-corrected chi connectivity index (χ4v) is 2.42. The van der Waals surface area contributed by atoms with Crippen LogP contribution in [0.25, 0.3) is 0 Å². The molecule has 0 aliphatic heterocycles. The van der Waals surface area contributed by atoms with Gasteiger partial charge in [0.1, 0.15) is 5.82 Å². The maximum atomic E-state index is 13.6. The molecule has 134 valence electrons. The van der Waals surface area contributed by atoms with Crippen LogP contribution in [0.2, 0.25) is 0 Å². The first-order valence-electron chi connectivity index (χ1n) is 8.26. The molecule has 1 aromatic heterocycles. The minimum atomic E-state index is -0.329. The standard InChI is InChI=1S/C20H16FN5O/c21-18-7-2-1-5-15(18)8-9-23-19(27)16-12-24-20(25-13-16)26-17-6-3-4-14(10-17)11-22/h1-7,10,12-13H,8-9H2,(H,23,27)(H,24,25,26). The van der Waals surface area contributed by atoms with Crippen LogP contribution in [0.1, 0.15) is 21.5 Å². The highest BCUT2D eigenvalue weighted by atomic mass is 19.1. The number of carbonyl (C=O) groups is 1. The Bertz CT molecular complexity index is 982. The van der Waals surface area contributed by atoms with Crippen LogP contribution in [0.5, 0.6) is 0 Å². The molecule has 1 heterocycles. The van der Waals surface area contributed by atoms with Gasteiger partial charge in [0.15, 0.2) is 0 Å². The van der Waals surface area contributed by atoms with Crippen LogP contribution in [-0.2, 0) is 6.42 Å². The van der Waals surface area contributed by atoms with Crippen molar-refractivity contribution in [2.24, 2.45) is 0 Å². The molecule has 6 nitrogen and oxygen atoms in total. The number of hydrogen-bond donors (Lipinski definition) is 2. The summed E-state index contributed by atoms with van der Waals surface area (Å²) in [5, 5.41) is 14.6. The zero-order valence-corrected chi connectivity index (χ0v) is 14.3. The monoisotopic (exact) mass is 361 g/mol. The van der Waals surface area contributed by atoms with E-state index in [1.165, 1.54) is 18.5 Å². The van der Waals surface area contributed by atoms with Crippen LogP contribution in [0.3, 0.4) is 0 Å². The lowest BCUT2D eigenvalue weighted by molar-refractivity contribution is 0.0953. The molecule has 0 aliphatic rings. The number of hydrogen-bond acceptors (Lipinski definition) is 5. The van der Waals surface area contributed by atoms with Gasteiger partial charge in [-0.05, 0) is 36.2 Å². The van der Waals surface area contributed by atoms with E-state index in [2.05, 4.69) is 26.7 Å². The molecule has 0 atom stereocenters. The summed E-state index contributed by atoms with van der Waals surface area (Å²) in [7, 11) is 0. The Kier molecular flexibility index (Phi) is 5.70. The molecule has 0 unspecified atom stereocenters. The first-order chi connectivity index (χ1) is 13.2. The summed E-state index contributed by atoms with van der Waals surface area (Å²) in [6.07, 6.45) is 3.21. The van der Waals surface area contributed by atoms with Gasteiger partial charge in [0, 0.05) is 24.6 Å². The Labute approximate surface area is 155 Å². The normalized spacial score (nSPS) is 10.1. The Balaban J connectivity index is 1.55. The summed E-state index contributed by atoms with van der Waals surface area (Å²) < 4.78 is 13.6. The van der Waals surface area contributed by atoms with Gasteiger partial charge < -0.3 is 10.6 Å². The summed E-state index contributed by atoms with van der Waals surface area (Å²) in [5.41, 5.74) is 2.05. The molecule has 2 N–H and O–H groups in total. The first-order valence-corrected chi connectivity index (χ1v) is 8.26. The van der Waals surface area contributed by atoms with Crippen LogP contribution in [-0.4, -0.2) is 22.4 Å². The summed E-state index contributed by atoms with van der Waals surface area (Å²) in [6, 6.07) is 15.4. The van der Waals surface area contributed by atoms with Gasteiger partial charge in [-0.3, -0.25) is 4.79 Å². The highest BCUT2D eigenvalue weighted by Gasteiger charge is 2.08. The van der Waals surface area contributed by atoms with Crippen LogP contribution in [0, 0.1) is 17.1 Å². The van der Waals surface area contributed by atoms with E-state index in [1.807, 2.05) is 0 Å². The molecule has 0 saturated heterocycles. The van der Waals surface area contributed by atoms with E-state index in [0.29, 0.717) is 41.3 Å². The zero-order valence-electron chi connectivity index (χ0n) is 14.3. The van der Waals surface area contributed by atoms with Gasteiger partial charge in [-0.2, -0.15) is 5.26 Å². The number of carbonyl (C=O) groups excluding carboxylic acids is 1. The molecule has 1 amide bonds. The Morgan fingerprint density at radius 1 is 1.11 bits per heavy atom. The zero-order chi connectivity index (χ0) is 19.1. The van der Waals surface area contributed by atoms with E-state index in [1.54, 1.807) is 42.5 Å². The number of halogens is 1. The smallest absolute Gasteiger partial charge is 0.254 e. The van der Waals surface area contributed by atoms with Crippen molar-refractivity contribution in [3.05, 3.63) is 83.4 Å². The second-order valence-electron chi connectivity index (χ2n) is 5.71. The summed E-state index contributed by atoms with van der Waals surface area (Å²) in [6.45, 7) is 0.306. The van der Waals surface area contributed by atoms with Crippen molar-refractivity contribution in [1.29, 1.82) is 5.26 Å². The lowest BCUT2D eigenvalue weighted by atomic mass is 10.1. The van der Waals surface area contributed by atoms with Gasteiger partial charge in [0.2, 0.25) is 5.95 Å². The van der Waals surface area contributed by atoms with Gasteiger partial charge in [0.25, 0.3) is 5.91 Å². The molecule has 3 aromatic rings. The summed E-state index contributed by atoms with van der Waals surface area (Å²) in [4.78, 5) is 20.3. The van der Waals surface area contributed by atoms with Crippen molar-refractivity contribution in [3.8, 4) is 6.07 Å². The predicted molar refractivity (Wildman–Crippen MR) is 98.9 cm³/mol. The third-order valence-electron chi connectivity index (χ3n) is 3.80. The van der Waals surface area contributed by atoms with Crippen LogP contribution >= 0.6 is 0 Å². The number of rotatable bonds is 6. The highest BCUT2D eigenvalue weighted by molar-refractivity contribution is 5.93. The maximum absolute atomic E-state index is 13.6. The second kappa shape index (κ2) is 8.54. The molecule has 27 heavy (non-hydrogen) atoms. The van der Waals surface area contributed by atoms with Crippen molar-refractivity contribution in [1.82, 2.24) is 15.3 Å². The molecule has 3 rings (SSSR count). The van der Waals surface area contributed by atoms with E-state index < -0.39 is 0 Å². The van der Waals surface area contributed by atoms with E-state index in [0.717, 1.165) is 0 Å². The minimum Gasteiger partial charge on any atom is -0.352 e. The van der Waals surface area contributed by atoms with Gasteiger partial charge in [-0.25, -0.2) is 14.4 Å². The minimum absolute atomic E-state index is 0.286. The van der Waals surface area contributed by atoms with Gasteiger partial charge in [-0.15, -0.1) is 0 Å². The van der Waals surface area contributed by atoms with Gasteiger partial charge >= 0.3 is 0 Å². The van der Waals surface area contributed by atoms with Crippen molar-refractivity contribution in [3.63, 3.8) is 0 Å². The third-order valence-corrected chi connectivity index (χ3v) is 3.80. The number of nitrogens with one attached hydrogen (secondary N) is 2. The highest BCUT2D eigenvalue weighted by Crippen LogP contribution is 2.14. The average Bonchev–Trinajstić information content (AvgIpc) is 2.70. The summed E-state index contributed by atoms with van der Waals surface area (Å²) in [5.74, 6) is -0.302. The lowest BCUT2D eigenvalue weighted by Gasteiger charge is -2.07.